The summed E-state index contributed by atoms with van der Waals surface area (Å²) in [6.45, 7) is 0. The van der Waals surface area contributed by atoms with Crippen LogP contribution in [0.2, 0.25) is 0 Å². The quantitative estimate of drug-likeness (QED) is 0.571. The highest BCUT2D eigenvalue weighted by Gasteiger charge is 2.55. The molecular weight excluding hydrogens is 130 g/mol. The number of carbonyl (C=O) groups is 1. The highest BCUT2D eigenvalue weighted by atomic mass is 16.4. The summed E-state index contributed by atoms with van der Waals surface area (Å²) in [7, 11) is 0. The molecule has 0 spiro atoms. The molecule has 10 heavy (non-hydrogen) atoms. The predicted molar refractivity (Wildman–Crippen MR) is 35.3 cm³/mol. The average Bonchev–Trinajstić information content (AvgIpc) is 2.57. The summed E-state index contributed by atoms with van der Waals surface area (Å²) < 4.78 is 0. The van der Waals surface area contributed by atoms with Gasteiger partial charge in [0.1, 0.15) is 0 Å². The molecule has 0 aliphatic heterocycles. The van der Waals surface area contributed by atoms with Gasteiger partial charge in [-0.25, -0.2) is 0 Å². The van der Waals surface area contributed by atoms with Crippen molar-refractivity contribution in [2.24, 2.45) is 23.5 Å². The molecule has 0 heterocycles. The van der Waals surface area contributed by atoms with Crippen LogP contribution >= 0.6 is 0 Å². The van der Waals surface area contributed by atoms with Crippen molar-refractivity contribution in [2.75, 3.05) is 0 Å². The minimum atomic E-state index is -0.635. The van der Waals surface area contributed by atoms with Crippen LogP contribution < -0.4 is 5.73 Å². The lowest BCUT2D eigenvalue weighted by atomic mass is 10.2. The van der Waals surface area contributed by atoms with E-state index in [9.17, 15) is 4.79 Å². The first-order valence-corrected chi connectivity index (χ1v) is 3.68. The monoisotopic (exact) mass is 141 g/mol. The summed E-state index contributed by atoms with van der Waals surface area (Å²) in [5.41, 5.74) is 5.58. The molecule has 3 N–H and O–H groups in total. The number of aliphatic carboxylic acids is 1. The highest BCUT2D eigenvalue weighted by Crippen LogP contribution is 2.53. The summed E-state index contributed by atoms with van der Waals surface area (Å²) in [5, 5.41) is 8.55. The molecule has 3 heteroatoms. The Morgan fingerprint density at radius 3 is 2.30 bits per heavy atom. The summed E-state index contributed by atoms with van der Waals surface area (Å²) in [6.07, 6.45) is 1.92. The minimum Gasteiger partial charge on any atom is -0.481 e. The van der Waals surface area contributed by atoms with Crippen LogP contribution in [0.4, 0.5) is 0 Å². The zero-order valence-electron chi connectivity index (χ0n) is 5.66. The molecule has 0 aromatic heterocycles. The third-order valence-electron chi connectivity index (χ3n) is 2.60. The zero-order valence-corrected chi connectivity index (χ0v) is 5.66. The first-order chi connectivity index (χ1) is 4.70. The molecule has 2 saturated carbocycles. The summed E-state index contributed by atoms with van der Waals surface area (Å²) in [6, 6.07) is 0.314. The van der Waals surface area contributed by atoms with Crippen molar-refractivity contribution < 1.29 is 9.90 Å². The maximum atomic E-state index is 10.4. The van der Waals surface area contributed by atoms with Gasteiger partial charge in [0.05, 0.1) is 5.92 Å². The Balaban J connectivity index is 1.85. The maximum Gasteiger partial charge on any atom is 0.306 e. The highest BCUT2D eigenvalue weighted by molar-refractivity contribution is 5.73. The van der Waals surface area contributed by atoms with Gasteiger partial charge in [0, 0.05) is 6.04 Å². The van der Waals surface area contributed by atoms with Gasteiger partial charge in [0.25, 0.3) is 0 Å². The van der Waals surface area contributed by atoms with E-state index in [1.807, 2.05) is 0 Å². The second-order valence-electron chi connectivity index (χ2n) is 3.41. The molecule has 2 rings (SSSR count). The zero-order chi connectivity index (χ0) is 7.30. The molecule has 0 bridgehead atoms. The fourth-order valence-corrected chi connectivity index (χ4v) is 1.70. The van der Waals surface area contributed by atoms with Crippen molar-refractivity contribution in [1.82, 2.24) is 0 Å². The van der Waals surface area contributed by atoms with Gasteiger partial charge in [-0.1, -0.05) is 0 Å². The summed E-state index contributed by atoms with van der Waals surface area (Å²) in [5.74, 6) is 0.274. The Morgan fingerprint density at radius 1 is 1.40 bits per heavy atom. The van der Waals surface area contributed by atoms with Crippen molar-refractivity contribution >= 4 is 5.97 Å². The van der Waals surface area contributed by atoms with Crippen LogP contribution in [0.25, 0.3) is 0 Å². The van der Waals surface area contributed by atoms with E-state index in [-0.39, 0.29) is 5.92 Å². The number of carboxylic acid groups (broad SMARTS) is 1. The van der Waals surface area contributed by atoms with E-state index in [4.69, 9.17) is 10.8 Å². The van der Waals surface area contributed by atoms with Gasteiger partial charge in [0.2, 0.25) is 0 Å². The van der Waals surface area contributed by atoms with Crippen LogP contribution in [0.15, 0.2) is 0 Å². The van der Waals surface area contributed by atoms with Gasteiger partial charge in [0.15, 0.2) is 0 Å². The molecule has 0 aromatic rings. The summed E-state index contributed by atoms with van der Waals surface area (Å²) in [4.78, 5) is 10.4. The number of rotatable bonds is 2. The van der Waals surface area contributed by atoms with Crippen molar-refractivity contribution in [3.05, 3.63) is 0 Å². The Hall–Kier alpha value is -0.570. The van der Waals surface area contributed by atoms with Crippen molar-refractivity contribution in [2.45, 2.75) is 18.9 Å². The van der Waals surface area contributed by atoms with E-state index in [0.717, 1.165) is 12.8 Å². The fourth-order valence-electron chi connectivity index (χ4n) is 1.70. The fraction of sp³-hybridized carbons (Fsp3) is 0.857. The lowest BCUT2D eigenvalue weighted by Gasteiger charge is -1.89. The molecule has 0 saturated heterocycles. The van der Waals surface area contributed by atoms with Crippen LogP contribution in [0, 0.1) is 17.8 Å². The van der Waals surface area contributed by atoms with Crippen molar-refractivity contribution in [1.29, 1.82) is 0 Å². The normalized spacial score (nSPS) is 50.5. The Morgan fingerprint density at radius 2 is 2.00 bits per heavy atom. The molecule has 2 aliphatic rings. The van der Waals surface area contributed by atoms with Crippen molar-refractivity contribution in [3.63, 3.8) is 0 Å². The molecule has 4 atom stereocenters. The first kappa shape index (κ1) is 6.16. The number of hydrogen-bond donors (Lipinski definition) is 2. The third-order valence-corrected chi connectivity index (χ3v) is 2.60. The topological polar surface area (TPSA) is 63.3 Å². The van der Waals surface area contributed by atoms with Crippen LogP contribution in [-0.4, -0.2) is 17.1 Å². The van der Waals surface area contributed by atoms with Crippen LogP contribution in [0.1, 0.15) is 12.8 Å². The van der Waals surface area contributed by atoms with Gasteiger partial charge in [-0.3, -0.25) is 4.79 Å². The Bertz CT molecular complexity index is 180. The van der Waals surface area contributed by atoms with Crippen LogP contribution in [0.3, 0.4) is 0 Å². The second kappa shape index (κ2) is 1.72. The molecule has 0 amide bonds. The van der Waals surface area contributed by atoms with Gasteiger partial charge < -0.3 is 10.8 Å². The predicted octanol–water partition coefficient (Wildman–Crippen LogP) is 0.0543. The average molecular weight is 141 g/mol. The number of carboxylic acids is 1. The largest absolute Gasteiger partial charge is 0.481 e. The first-order valence-electron chi connectivity index (χ1n) is 3.68. The van der Waals surface area contributed by atoms with E-state index in [2.05, 4.69) is 0 Å². The van der Waals surface area contributed by atoms with E-state index < -0.39 is 5.97 Å². The van der Waals surface area contributed by atoms with E-state index >= 15 is 0 Å². The SMILES string of the molecule is NC1CC1C1CC1C(=O)O. The van der Waals surface area contributed by atoms with Gasteiger partial charge in [-0.05, 0) is 24.7 Å². The van der Waals surface area contributed by atoms with E-state index in [1.54, 1.807) is 0 Å². The molecule has 0 aromatic carbocycles. The second-order valence-corrected chi connectivity index (χ2v) is 3.41. The molecule has 3 nitrogen and oxygen atoms in total. The van der Waals surface area contributed by atoms with Crippen LogP contribution in [-0.2, 0) is 4.79 Å². The minimum absolute atomic E-state index is 0.0569. The standard InChI is InChI=1S/C7H11NO2/c8-6-2-4(6)3-1-5(3)7(9)10/h3-6H,1-2,8H2,(H,9,10). The van der Waals surface area contributed by atoms with Gasteiger partial charge in [-0.15, -0.1) is 0 Å². The molecule has 0 radical (unpaired) electrons. The number of hydrogen-bond acceptors (Lipinski definition) is 2. The summed E-state index contributed by atoms with van der Waals surface area (Å²) >= 11 is 0. The molecule has 4 unspecified atom stereocenters. The van der Waals surface area contributed by atoms with Gasteiger partial charge >= 0.3 is 5.97 Å². The smallest absolute Gasteiger partial charge is 0.306 e. The van der Waals surface area contributed by atoms with Crippen molar-refractivity contribution in [3.8, 4) is 0 Å². The van der Waals surface area contributed by atoms with Crippen LogP contribution in [0.5, 0.6) is 0 Å². The third kappa shape index (κ3) is 0.814. The lowest BCUT2D eigenvalue weighted by molar-refractivity contribution is -0.138. The van der Waals surface area contributed by atoms with Gasteiger partial charge in [-0.2, -0.15) is 0 Å². The maximum absolute atomic E-state index is 10.4. The molecular formula is C7H11NO2. The molecule has 56 valence electrons. The molecule has 2 aliphatic carbocycles. The van der Waals surface area contributed by atoms with E-state index in [0.29, 0.717) is 17.9 Å². The van der Waals surface area contributed by atoms with E-state index in [1.165, 1.54) is 0 Å². The Kier molecular flexibility index (Phi) is 1.06. The lowest BCUT2D eigenvalue weighted by Crippen LogP contribution is -2.06. The Labute approximate surface area is 59.2 Å². The molecule has 2 fully saturated rings. The number of nitrogens with two attached hydrogens (primary N) is 1.